The number of hydrogen-bond donors (Lipinski definition) is 1. The lowest BCUT2D eigenvalue weighted by molar-refractivity contribution is -0.383. The minimum absolute atomic E-state index is 0.0436. The van der Waals surface area contributed by atoms with Crippen molar-refractivity contribution in [3.05, 3.63) is 52.1 Å². The second-order valence-corrected chi connectivity index (χ2v) is 3.24. The number of fused-ring (bicyclic) bond motifs is 1. The largest absolute Gasteiger partial charge is 0.478 e. The molecule has 0 atom stereocenters. The zero-order valence-electron chi connectivity index (χ0n) is 8.08. The van der Waals surface area contributed by atoms with Gasteiger partial charge in [-0.2, -0.15) is 0 Å². The van der Waals surface area contributed by atoms with E-state index in [4.69, 9.17) is 5.11 Å². The molecule has 0 aliphatic heterocycles. The van der Waals surface area contributed by atoms with E-state index in [1.54, 1.807) is 30.3 Å². The van der Waals surface area contributed by atoms with Crippen molar-refractivity contribution in [2.24, 2.45) is 0 Å². The minimum Gasteiger partial charge on any atom is -0.478 e. The Balaban J connectivity index is 2.79. The van der Waals surface area contributed by atoms with Crippen LogP contribution in [0.25, 0.3) is 11.1 Å². The molecule has 0 heterocycles. The molecule has 2 aliphatic rings. The number of nitro groups is 1. The molecule has 2 aliphatic carbocycles. The van der Waals surface area contributed by atoms with Gasteiger partial charge >= 0.3 is 5.97 Å². The maximum atomic E-state index is 10.9. The quantitative estimate of drug-likeness (QED) is 0.618. The first-order chi connectivity index (χ1) is 7.61. The van der Waals surface area contributed by atoms with Crippen LogP contribution in [0.4, 0.5) is 5.69 Å². The van der Waals surface area contributed by atoms with Crippen molar-refractivity contribution < 1.29 is 14.8 Å². The summed E-state index contributed by atoms with van der Waals surface area (Å²) >= 11 is 0. The fourth-order valence-electron chi connectivity index (χ4n) is 1.63. The smallest absolute Gasteiger partial charge is 0.336 e. The van der Waals surface area contributed by atoms with Crippen molar-refractivity contribution in [2.45, 2.75) is 0 Å². The molecule has 1 N–H and O–H groups in total. The standard InChI is InChI=1S/C11H7NO4/c13-11(14)9-6-10(12(15)16)8-5-3-1-2-4-7(8)9/h1-6H,(H,13,14). The maximum absolute atomic E-state index is 10.9. The summed E-state index contributed by atoms with van der Waals surface area (Å²) in [6, 6.07) is 9.17. The molecule has 0 spiro atoms. The zero-order valence-corrected chi connectivity index (χ0v) is 8.08. The molecule has 0 unspecified atom stereocenters. The second kappa shape index (κ2) is 3.62. The second-order valence-electron chi connectivity index (χ2n) is 3.24. The van der Waals surface area contributed by atoms with E-state index in [2.05, 4.69) is 0 Å². The summed E-state index contributed by atoms with van der Waals surface area (Å²) in [6.45, 7) is 0. The Hall–Kier alpha value is -2.43. The van der Waals surface area contributed by atoms with Gasteiger partial charge in [0.15, 0.2) is 0 Å². The molecule has 5 nitrogen and oxygen atoms in total. The highest BCUT2D eigenvalue weighted by Crippen LogP contribution is 2.36. The summed E-state index contributed by atoms with van der Waals surface area (Å²) in [5, 5.41) is 19.7. The molecular formula is C11H7NO4. The third kappa shape index (κ3) is 1.48. The monoisotopic (exact) mass is 217 g/mol. The van der Waals surface area contributed by atoms with Crippen LogP contribution in [0.3, 0.4) is 0 Å². The van der Waals surface area contributed by atoms with E-state index in [0.29, 0.717) is 11.1 Å². The average molecular weight is 217 g/mol. The molecule has 0 saturated carbocycles. The maximum Gasteiger partial charge on any atom is 0.336 e. The SMILES string of the molecule is O=C(O)c1cc([N+](=O)[O-])c2cccccc1-2. The van der Waals surface area contributed by atoms with E-state index in [1.165, 1.54) is 0 Å². The van der Waals surface area contributed by atoms with Crippen molar-refractivity contribution in [3.63, 3.8) is 0 Å². The van der Waals surface area contributed by atoms with Crippen molar-refractivity contribution in [1.29, 1.82) is 0 Å². The zero-order chi connectivity index (χ0) is 11.7. The molecule has 0 aromatic heterocycles. The lowest BCUT2D eigenvalue weighted by Gasteiger charge is -1.93. The predicted octanol–water partition coefficient (Wildman–Crippen LogP) is 2.40. The molecule has 5 heteroatoms. The Morgan fingerprint density at radius 1 is 1.19 bits per heavy atom. The molecular weight excluding hydrogens is 210 g/mol. The number of aromatic carboxylic acids is 1. The topological polar surface area (TPSA) is 80.4 Å². The van der Waals surface area contributed by atoms with E-state index in [1.807, 2.05) is 0 Å². The van der Waals surface area contributed by atoms with Crippen LogP contribution in [0.5, 0.6) is 0 Å². The number of hydrogen-bond acceptors (Lipinski definition) is 3. The number of nitrogens with zero attached hydrogens (tertiary/aromatic N) is 1. The molecule has 80 valence electrons. The average Bonchev–Trinajstić information content (AvgIpc) is 2.41. The van der Waals surface area contributed by atoms with Gasteiger partial charge in [0.2, 0.25) is 0 Å². The summed E-state index contributed by atoms with van der Waals surface area (Å²) in [5.74, 6) is -1.16. The van der Waals surface area contributed by atoms with Crippen LogP contribution in [-0.2, 0) is 0 Å². The third-order valence-electron chi connectivity index (χ3n) is 2.31. The van der Waals surface area contributed by atoms with Gasteiger partial charge in [0.1, 0.15) is 0 Å². The Kier molecular flexibility index (Phi) is 2.28. The Labute approximate surface area is 90.4 Å². The summed E-state index contributed by atoms with van der Waals surface area (Å²) < 4.78 is 0. The molecule has 0 radical (unpaired) electrons. The van der Waals surface area contributed by atoms with Crippen molar-refractivity contribution in [3.8, 4) is 11.1 Å². The third-order valence-corrected chi connectivity index (χ3v) is 2.31. The normalized spacial score (nSPS) is 10.2. The number of carboxylic acid groups (broad SMARTS) is 1. The van der Waals surface area contributed by atoms with E-state index >= 15 is 0 Å². The van der Waals surface area contributed by atoms with Crippen LogP contribution >= 0.6 is 0 Å². The summed E-state index contributed by atoms with van der Waals surface area (Å²) in [7, 11) is 0. The first-order valence-corrected chi connectivity index (χ1v) is 4.50. The van der Waals surface area contributed by atoms with E-state index in [9.17, 15) is 14.9 Å². The van der Waals surface area contributed by atoms with Crippen LogP contribution in [0, 0.1) is 10.1 Å². The fraction of sp³-hybridized carbons (Fsp3) is 0. The number of carbonyl (C=O) groups is 1. The van der Waals surface area contributed by atoms with Gasteiger partial charge in [0, 0.05) is 11.6 Å². The van der Waals surface area contributed by atoms with E-state index in [0.717, 1.165) is 6.07 Å². The van der Waals surface area contributed by atoms with Crippen molar-refractivity contribution >= 4 is 11.7 Å². The highest BCUT2D eigenvalue weighted by Gasteiger charge is 2.25. The van der Waals surface area contributed by atoms with Crippen LogP contribution < -0.4 is 0 Å². The summed E-state index contributed by atoms with van der Waals surface area (Å²) in [6.07, 6.45) is 0. The molecule has 0 amide bonds. The number of rotatable bonds is 2. The Morgan fingerprint density at radius 3 is 2.38 bits per heavy atom. The molecule has 0 bridgehead atoms. The van der Waals surface area contributed by atoms with Gasteiger partial charge in [-0.3, -0.25) is 10.1 Å². The minimum atomic E-state index is -1.16. The highest BCUT2D eigenvalue weighted by atomic mass is 16.6. The van der Waals surface area contributed by atoms with Gasteiger partial charge in [0.05, 0.1) is 16.1 Å². The molecule has 2 rings (SSSR count). The van der Waals surface area contributed by atoms with Gasteiger partial charge < -0.3 is 5.11 Å². The molecule has 0 saturated heterocycles. The van der Waals surface area contributed by atoms with Crippen LogP contribution in [-0.4, -0.2) is 16.0 Å². The lowest BCUT2D eigenvalue weighted by Crippen LogP contribution is -1.94. The molecule has 0 aromatic carbocycles. The molecule has 0 fully saturated rings. The van der Waals surface area contributed by atoms with Crippen molar-refractivity contribution in [2.75, 3.05) is 0 Å². The van der Waals surface area contributed by atoms with Gasteiger partial charge in [0.25, 0.3) is 5.69 Å². The predicted molar refractivity (Wildman–Crippen MR) is 56.7 cm³/mol. The van der Waals surface area contributed by atoms with Crippen molar-refractivity contribution in [1.82, 2.24) is 0 Å². The Bertz CT molecular complexity index is 504. The van der Waals surface area contributed by atoms with Crippen LogP contribution in [0.2, 0.25) is 0 Å². The van der Waals surface area contributed by atoms with E-state index in [-0.39, 0.29) is 11.3 Å². The summed E-state index contributed by atoms with van der Waals surface area (Å²) in [4.78, 5) is 21.1. The van der Waals surface area contributed by atoms with E-state index < -0.39 is 10.9 Å². The summed E-state index contributed by atoms with van der Waals surface area (Å²) in [5.41, 5.74) is 0.498. The van der Waals surface area contributed by atoms with Gasteiger partial charge in [-0.15, -0.1) is 0 Å². The Morgan fingerprint density at radius 2 is 1.81 bits per heavy atom. The molecule has 16 heavy (non-hydrogen) atoms. The van der Waals surface area contributed by atoms with Crippen LogP contribution in [0.15, 0.2) is 36.4 Å². The van der Waals surface area contributed by atoms with Crippen LogP contribution in [0.1, 0.15) is 10.4 Å². The first-order valence-electron chi connectivity index (χ1n) is 4.50. The molecule has 0 aromatic rings. The highest BCUT2D eigenvalue weighted by molar-refractivity contribution is 6.01. The first kappa shape index (κ1) is 10.1. The fourth-order valence-corrected chi connectivity index (χ4v) is 1.63. The van der Waals surface area contributed by atoms with Gasteiger partial charge in [-0.05, 0) is 6.07 Å². The van der Waals surface area contributed by atoms with Gasteiger partial charge in [-0.1, -0.05) is 24.3 Å². The van der Waals surface area contributed by atoms with Gasteiger partial charge in [-0.25, -0.2) is 4.79 Å². The lowest BCUT2D eigenvalue weighted by atomic mass is 10.1. The number of carboxylic acids is 1.